The molecule has 8 heteroatoms. The standard InChI is InChI=1S/C18H15N3O5/c1-11(17(22)20-13-4-7-15-16(8-13)25-10-24-15)26-14-5-2-12(3-6-14)18-21-19-9-23-18/h2-9,11H,10H2,1H3,(H,20,22)/t11-/m0/s1. The highest BCUT2D eigenvalue weighted by Gasteiger charge is 2.18. The summed E-state index contributed by atoms with van der Waals surface area (Å²) in [6, 6.07) is 12.3. The minimum atomic E-state index is -0.685. The Morgan fingerprint density at radius 2 is 1.96 bits per heavy atom. The predicted octanol–water partition coefficient (Wildman–Crippen LogP) is 2.87. The molecule has 1 aromatic heterocycles. The van der Waals surface area contributed by atoms with Crippen LogP contribution in [0.25, 0.3) is 11.5 Å². The summed E-state index contributed by atoms with van der Waals surface area (Å²) in [6.07, 6.45) is 0.581. The first-order valence-corrected chi connectivity index (χ1v) is 7.93. The summed E-state index contributed by atoms with van der Waals surface area (Å²) in [5.41, 5.74) is 1.38. The molecule has 1 atom stereocenters. The smallest absolute Gasteiger partial charge is 0.265 e. The zero-order valence-corrected chi connectivity index (χ0v) is 13.8. The van der Waals surface area contributed by atoms with E-state index in [2.05, 4.69) is 15.5 Å². The molecule has 1 aliphatic heterocycles. The Kier molecular flexibility index (Phi) is 4.14. The van der Waals surface area contributed by atoms with Gasteiger partial charge in [0.1, 0.15) is 5.75 Å². The summed E-state index contributed by atoms with van der Waals surface area (Å²) in [4.78, 5) is 12.3. The van der Waals surface area contributed by atoms with Crippen molar-refractivity contribution in [3.8, 4) is 28.7 Å². The lowest BCUT2D eigenvalue weighted by atomic mass is 10.2. The first-order valence-electron chi connectivity index (χ1n) is 7.93. The first-order chi connectivity index (χ1) is 12.7. The Balaban J connectivity index is 1.38. The highest BCUT2D eigenvalue weighted by Crippen LogP contribution is 2.34. The molecule has 1 aliphatic rings. The molecule has 1 N–H and O–H groups in total. The van der Waals surface area contributed by atoms with Crippen molar-refractivity contribution in [2.45, 2.75) is 13.0 Å². The monoisotopic (exact) mass is 353 g/mol. The highest BCUT2D eigenvalue weighted by atomic mass is 16.7. The van der Waals surface area contributed by atoms with Gasteiger partial charge in [-0.15, -0.1) is 10.2 Å². The second-order valence-corrected chi connectivity index (χ2v) is 5.59. The number of hydrogen-bond acceptors (Lipinski definition) is 7. The van der Waals surface area contributed by atoms with E-state index < -0.39 is 6.10 Å². The first kappa shape index (κ1) is 15.9. The van der Waals surface area contributed by atoms with E-state index in [0.29, 0.717) is 28.8 Å². The summed E-state index contributed by atoms with van der Waals surface area (Å²) in [6.45, 7) is 1.86. The molecule has 0 saturated heterocycles. The molecule has 8 nitrogen and oxygen atoms in total. The van der Waals surface area contributed by atoms with Crippen LogP contribution in [-0.4, -0.2) is 29.0 Å². The normalized spacial score (nSPS) is 13.3. The summed E-state index contributed by atoms with van der Waals surface area (Å²) < 4.78 is 21.4. The van der Waals surface area contributed by atoms with Gasteiger partial charge in [-0.2, -0.15) is 0 Å². The third-order valence-electron chi connectivity index (χ3n) is 3.78. The van der Waals surface area contributed by atoms with Crippen LogP contribution in [0, 0.1) is 0 Å². The molecule has 0 saturated carbocycles. The molecule has 0 radical (unpaired) electrons. The fraction of sp³-hybridized carbons (Fsp3) is 0.167. The van der Waals surface area contributed by atoms with Gasteiger partial charge in [0, 0.05) is 17.3 Å². The number of fused-ring (bicyclic) bond motifs is 1. The van der Waals surface area contributed by atoms with Crippen LogP contribution in [0.5, 0.6) is 17.2 Å². The van der Waals surface area contributed by atoms with Gasteiger partial charge in [0.15, 0.2) is 17.6 Å². The van der Waals surface area contributed by atoms with E-state index in [1.807, 2.05) is 0 Å². The van der Waals surface area contributed by atoms with Crippen molar-refractivity contribution < 1.29 is 23.4 Å². The molecule has 2 heterocycles. The fourth-order valence-electron chi connectivity index (χ4n) is 2.45. The third kappa shape index (κ3) is 3.30. The average Bonchev–Trinajstić information content (AvgIpc) is 3.33. The molecule has 132 valence electrons. The Hall–Kier alpha value is -3.55. The Morgan fingerprint density at radius 3 is 2.73 bits per heavy atom. The zero-order chi connectivity index (χ0) is 17.9. The van der Waals surface area contributed by atoms with Gasteiger partial charge in [0.2, 0.25) is 19.1 Å². The molecule has 0 spiro atoms. The van der Waals surface area contributed by atoms with E-state index in [4.69, 9.17) is 18.6 Å². The number of benzene rings is 2. The number of anilines is 1. The van der Waals surface area contributed by atoms with Crippen molar-refractivity contribution >= 4 is 11.6 Å². The molecule has 0 unspecified atom stereocenters. The van der Waals surface area contributed by atoms with Gasteiger partial charge >= 0.3 is 0 Å². The summed E-state index contributed by atoms with van der Waals surface area (Å²) >= 11 is 0. The number of nitrogens with one attached hydrogen (secondary N) is 1. The van der Waals surface area contributed by atoms with E-state index in [1.54, 1.807) is 49.4 Å². The van der Waals surface area contributed by atoms with Crippen molar-refractivity contribution in [1.29, 1.82) is 0 Å². The van der Waals surface area contributed by atoms with Crippen molar-refractivity contribution in [3.63, 3.8) is 0 Å². The molecule has 4 rings (SSSR count). The van der Waals surface area contributed by atoms with Crippen LogP contribution in [0.4, 0.5) is 5.69 Å². The quantitative estimate of drug-likeness (QED) is 0.753. The molecular formula is C18H15N3O5. The van der Waals surface area contributed by atoms with E-state index in [9.17, 15) is 4.79 Å². The SMILES string of the molecule is C[C@H](Oc1ccc(-c2nnco2)cc1)C(=O)Nc1ccc2c(c1)OCO2. The van der Waals surface area contributed by atoms with E-state index >= 15 is 0 Å². The topological polar surface area (TPSA) is 95.7 Å². The van der Waals surface area contributed by atoms with Crippen molar-refractivity contribution in [1.82, 2.24) is 10.2 Å². The number of hydrogen-bond donors (Lipinski definition) is 1. The van der Waals surface area contributed by atoms with Crippen LogP contribution in [0.1, 0.15) is 6.92 Å². The number of amides is 1. The Bertz CT molecular complexity index is 909. The summed E-state index contributed by atoms with van der Waals surface area (Å²) in [5, 5.41) is 10.3. The molecule has 2 aromatic carbocycles. The minimum Gasteiger partial charge on any atom is -0.481 e. The number of carbonyl (C=O) groups is 1. The van der Waals surface area contributed by atoms with Crippen molar-refractivity contribution in [3.05, 3.63) is 48.9 Å². The number of aromatic nitrogens is 2. The summed E-state index contributed by atoms with van der Waals surface area (Å²) in [5.74, 6) is 1.97. The number of carbonyl (C=O) groups excluding carboxylic acids is 1. The lowest BCUT2D eigenvalue weighted by Crippen LogP contribution is -2.30. The molecular weight excluding hydrogens is 338 g/mol. The lowest BCUT2D eigenvalue weighted by molar-refractivity contribution is -0.122. The van der Waals surface area contributed by atoms with Gasteiger partial charge in [0.05, 0.1) is 0 Å². The second-order valence-electron chi connectivity index (χ2n) is 5.59. The van der Waals surface area contributed by atoms with Crippen LogP contribution in [0.15, 0.2) is 53.3 Å². The lowest BCUT2D eigenvalue weighted by Gasteiger charge is -2.15. The third-order valence-corrected chi connectivity index (χ3v) is 3.78. The largest absolute Gasteiger partial charge is 0.481 e. The molecule has 3 aromatic rings. The average molecular weight is 353 g/mol. The van der Waals surface area contributed by atoms with Gasteiger partial charge in [-0.1, -0.05) is 0 Å². The predicted molar refractivity (Wildman–Crippen MR) is 91.0 cm³/mol. The Morgan fingerprint density at radius 1 is 1.15 bits per heavy atom. The van der Waals surface area contributed by atoms with Crippen LogP contribution in [0.2, 0.25) is 0 Å². The second kappa shape index (κ2) is 6.75. The fourth-order valence-corrected chi connectivity index (χ4v) is 2.45. The van der Waals surface area contributed by atoms with Gasteiger partial charge < -0.3 is 23.9 Å². The molecule has 26 heavy (non-hydrogen) atoms. The number of rotatable bonds is 5. The highest BCUT2D eigenvalue weighted by molar-refractivity contribution is 5.94. The zero-order valence-electron chi connectivity index (χ0n) is 13.8. The Labute approximate surface area is 148 Å². The van der Waals surface area contributed by atoms with E-state index in [1.165, 1.54) is 6.39 Å². The molecule has 1 amide bonds. The van der Waals surface area contributed by atoms with Crippen molar-refractivity contribution in [2.24, 2.45) is 0 Å². The van der Waals surface area contributed by atoms with E-state index in [-0.39, 0.29) is 12.7 Å². The maximum atomic E-state index is 12.3. The maximum absolute atomic E-state index is 12.3. The van der Waals surface area contributed by atoms with E-state index in [0.717, 1.165) is 5.56 Å². The molecule has 0 bridgehead atoms. The number of ether oxygens (including phenoxy) is 3. The van der Waals surface area contributed by atoms with Gasteiger partial charge in [-0.25, -0.2) is 0 Å². The van der Waals surface area contributed by atoms with Crippen LogP contribution < -0.4 is 19.5 Å². The summed E-state index contributed by atoms with van der Waals surface area (Å²) in [7, 11) is 0. The van der Waals surface area contributed by atoms with Crippen molar-refractivity contribution in [2.75, 3.05) is 12.1 Å². The minimum absolute atomic E-state index is 0.186. The van der Waals surface area contributed by atoms with Gasteiger partial charge in [-0.3, -0.25) is 4.79 Å². The van der Waals surface area contributed by atoms with Crippen LogP contribution >= 0.6 is 0 Å². The molecule has 0 aliphatic carbocycles. The number of nitrogens with zero attached hydrogens (tertiary/aromatic N) is 2. The van der Waals surface area contributed by atoms with Crippen LogP contribution in [-0.2, 0) is 4.79 Å². The maximum Gasteiger partial charge on any atom is 0.265 e. The van der Waals surface area contributed by atoms with Gasteiger partial charge in [-0.05, 0) is 43.3 Å². The van der Waals surface area contributed by atoms with Gasteiger partial charge in [0.25, 0.3) is 5.91 Å². The van der Waals surface area contributed by atoms with Crippen LogP contribution in [0.3, 0.4) is 0 Å². The molecule has 0 fully saturated rings.